The van der Waals surface area contributed by atoms with Crippen molar-refractivity contribution in [2.75, 3.05) is 24.6 Å². The van der Waals surface area contributed by atoms with Gasteiger partial charge in [-0.2, -0.15) is 0 Å². The van der Waals surface area contributed by atoms with Crippen molar-refractivity contribution in [2.24, 2.45) is 0 Å². The van der Waals surface area contributed by atoms with Gasteiger partial charge in [-0.15, -0.1) is 0 Å². The van der Waals surface area contributed by atoms with Crippen molar-refractivity contribution in [1.82, 2.24) is 9.55 Å². The van der Waals surface area contributed by atoms with Gasteiger partial charge < -0.3 is 14.2 Å². The van der Waals surface area contributed by atoms with Crippen LogP contribution in [0.25, 0.3) is 0 Å². The Hall–Kier alpha value is -2.57. The minimum Gasteiger partial charge on any atom is -0.487 e. The van der Waals surface area contributed by atoms with Gasteiger partial charge in [-0.1, -0.05) is 6.07 Å². The summed E-state index contributed by atoms with van der Waals surface area (Å²) in [4.78, 5) is 17.3. The van der Waals surface area contributed by atoms with E-state index in [1.165, 1.54) is 0 Å². The van der Waals surface area contributed by atoms with Crippen LogP contribution in [0.2, 0.25) is 0 Å². The third-order valence-corrected chi connectivity index (χ3v) is 4.21. The van der Waals surface area contributed by atoms with Gasteiger partial charge in [0.25, 0.3) is 0 Å². The molecule has 0 aliphatic carbocycles. The zero-order valence-corrected chi connectivity index (χ0v) is 13.1. The molecular weight excluding hydrogens is 296 g/mol. The number of aromatic nitrogens is 2. The molecule has 1 aromatic carbocycles. The van der Waals surface area contributed by atoms with Gasteiger partial charge in [0.2, 0.25) is 0 Å². The zero-order valence-electron chi connectivity index (χ0n) is 13.1. The summed E-state index contributed by atoms with van der Waals surface area (Å²) in [7, 11) is 0. The summed E-state index contributed by atoms with van der Waals surface area (Å²) in [5, 5.41) is 11.5. The zero-order chi connectivity index (χ0) is 16.2. The molecule has 1 fully saturated rings. The maximum absolute atomic E-state index is 11.5. The molecule has 2 aromatic rings. The fourth-order valence-corrected chi connectivity index (χ4v) is 3.11. The second-order valence-electron chi connectivity index (χ2n) is 5.54. The molecule has 1 aliphatic heterocycles. The number of nitro groups is 1. The first-order valence-corrected chi connectivity index (χ1v) is 7.83. The predicted octanol–water partition coefficient (Wildman–Crippen LogP) is 3.03. The number of anilines is 1. The van der Waals surface area contributed by atoms with Gasteiger partial charge in [-0.25, -0.2) is 4.98 Å². The minimum absolute atomic E-state index is 0.0652. The molecule has 2 heterocycles. The Morgan fingerprint density at radius 3 is 2.78 bits per heavy atom. The Labute approximate surface area is 134 Å². The van der Waals surface area contributed by atoms with E-state index in [0.29, 0.717) is 24.1 Å². The topological polar surface area (TPSA) is 73.4 Å². The number of benzene rings is 1. The number of rotatable bonds is 5. The van der Waals surface area contributed by atoms with Crippen LogP contribution in [-0.4, -0.2) is 34.2 Å². The molecule has 1 saturated heterocycles. The van der Waals surface area contributed by atoms with Crippen molar-refractivity contribution in [3.8, 4) is 5.75 Å². The van der Waals surface area contributed by atoms with E-state index in [1.54, 1.807) is 18.3 Å². The molecule has 0 unspecified atom stereocenters. The predicted molar refractivity (Wildman–Crippen MR) is 87.0 cm³/mol. The first-order chi connectivity index (χ1) is 11.2. The van der Waals surface area contributed by atoms with Crippen molar-refractivity contribution in [1.29, 1.82) is 0 Å². The van der Waals surface area contributed by atoms with Crippen LogP contribution in [-0.2, 0) is 0 Å². The molecule has 0 saturated carbocycles. The van der Waals surface area contributed by atoms with E-state index in [4.69, 9.17) is 4.74 Å². The van der Waals surface area contributed by atoms with Crippen LogP contribution < -0.4 is 9.64 Å². The number of nitrogens with zero attached hydrogens (tertiary/aromatic N) is 4. The van der Waals surface area contributed by atoms with Gasteiger partial charge in [0.1, 0.15) is 5.69 Å². The van der Waals surface area contributed by atoms with Gasteiger partial charge in [-0.3, -0.25) is 10.1 Å². The van der Waals surface area contributed by atoms with E-state index in [2.05, 4.69) is 14.5 Å². The second-order valence-corrected chi connectivity index (χ2v) is 5.54. The Kier molecular flexibility index (Phi) is 4.45. The van der Waals surface area contributed by atoms with Crippen LogP contribution in [0.15, 0.2) is 36.9 Å². The Morgan fingerprint density at radius 2 is 2.17 bits per heavy atom. The van der Waals surface area contributed by atoms with E-state index in [-0.39, 0.29) is 10.6 Å². The highest BCUT2D eigenvalue weighted by atomic mass is 16.6. The van der Waals surface area contributed by atoms with Crippen molar-refractivity contribution < 1.29 is 9.66 Å². The van der Waals surface area contributed by atoms with Gasteiger partial charge in [-0.05, 0) is 31.9 Å². The van der Waals surface area contributed by atoms with E-state index >= 15 is 0 Å². The summed E-state index contributed by atoms with van der Waals surface area (Å²) in [5.74, 6) is 0.340. The number of ether oxygens (including phenoxy) is 1. The lowest BCUT2D eigenvalue weighted by Crippen LogP contribution is -2.34. The lowest BCUT2D eigenvalue weighted by Gasteiger charge is -2.33. The highest BCUT2D eigenvalue weighted by molar-refractivity contribution is 5.70. The molecule has 0 atom stereocenters. The summed E-state index contributed by atoms with van der Waals surface area (Å²) < 4.78 is 7.54. The molecule has 7 nitrogen and oxygen atoms in total. The number of hydrogen-bond donors (Lipinski definition) is 0. The van der Waals surface area contributed by atoms with Crippen LogP contribution in [0.1, 0.15) is 25.8 Å². The lowest BCUT2D eigenvalue weighted by atomic mass is 10.0. The highest BCUT2D eigenvalue weighted by Crippen LogP contribution is 2.39. The number of imidazole rings is 1. The largest absolute Gasteiger partial charge is 0.487 e. The molecule has 0 radical (unpaired) electrons. The normalized spacial score (nSPS) is 15.6. The Bertz CT molecular complexity index is 664. The molecule has 7 heteroatoms. The van der Waals surface area contributed by atoms with Gasteiger partial charge in [0, 0.05) is 31.5 Å². The molecule has 23 heavy (non-hydrogen) atoms. The van der Waals surface area contributed by atoms with Crippen LogP contribution in [0.3, 0.4) is 0 Å². The van der Waals surface area contributed by atoms with Crippen LogP contribution in [0.5, 0.6) is 5.75 Å². The number of para-hydroxylation sites is 1. The van der Waals surface area contributed by atoms with E-state index in [9.17, 15) is 10.1 Å². The van der Waals surface area contributed by atoms with Crippen molar-refractivity contribution in [2.45, 2.75) is 25.8 Å². The molecule has 1 aliphatic rings. The molecule has 3 rings (SSSR count). The quantitative estimate of drug-likeness (QED) is 0.626. The second kappa shape index (κ2) is 6.68. The number of hydrogen-bond acceptors (Lipinski definition) is 5. The maximum Gasteiger partial charge on any atom is 0.333 e. The van der Waals surface area contributed by atoms with Gasteiger partial charge in [0.05, 0.1) is 17.9 Å². The van der Waals surface area contributed by atoms with Gasteiger partial charge in [0.15, 0.2) is 5.75 Å². The molecular formula is C16H20N4O3. The third-order valence-electron chi connectivity index (χ3n) is 4.21. The van der Waals surface area contributed by atoms with Crippen molar-refractivity contribution in [3.05, 3.63) is 47.0 Å². The summed E-state index contributed by atoms with van der Waals surface area (Å²) in [6, 6.07) is 5.68. The average Bonchev–Trinajstić information content (AvgIpc) is 3.09. The van der Waals surface area contributed by atoms with Crippen LogP contribution >= 0.6 is 0 Å². The summed E-state index contributed by atoms with van der Waals surface area (Å²) >= 11 is 0. The lowest BCUT2D eigenvalue weighted by molar-refractivity contribution is -0.385. The summed E-state index contributed by atoms with van der Waals surface area (Å²) in [6.45, 7) is 3.79. The van der Waals surface area contributed by atoms with Crippen LogP contribution in [0.4, 0.5) is 11.4 Å². The van der Waals surface area contributed by atoms with Crippen molar-refractivity contribution >= 4 is 11.4 Å². The smallest absolute Gasteiger partial charge is 0.333 e. The van der Waals surface area contributed by atoms with Crippen molar-refractivity contribution in [3.63, 3.8) is 0 Å². The maximum atomic E-state index is 11.5. The number of nitro benzene ring substituents is 1. The SMILES string of the molecule is CCOc1cccc(N2CCC(n3ccnc3)CC2)c1[N+](=O)[O-]. The number of piperidine rings is 1. The highest BCUT2D eigenvalue weighted by Gasteiger charge is 2.28. The minimum atomic E-state index is -0.345. The van der Waals surface area contributed by atoms with Gasteiger partial charge >= 0.3 is 5.69 Å². The molecule has 0 bridgehead atoms. The third kappa shape index (κ3) is 3.13. The molecule has 0 amide bonds. The van der Waals surface area contributed by atoms with Crippen LogP contribution in [0, 0.1) is 10.1 Å². The molecule has 122 valence electrons. The Balaban J connectivity index is 1.80. The Morgan fingerprint density at radius 1 is 1.39 bits per heavy atom. The first-order valence-electron chi connectivity index (χ1n) is 7.83. The van der Waals surface area contributed by atoms with E-state index in [1.807, 2.05) is 25.5 Å². The first kappa shape index (κ1) is 15.3. The fraction of sp³-hybridized carbons (Fsp3) is 0.438. The monoisotopic (exact) mass is 316 g/mol. The summed E-state index contributed by atoms with van der Waals surface area (Å²) in [6.07, 6.45) is 7.46. The van der Waals surface area contributed by atoms with E-state index in [0.717, 1.165) is 25.9 Å². The average molecular weight is 316 g/mol. The van der Waals surface area contributed by atoms with E-state index < -0.39 is 0 Å². The fourth-order valence-electron chi connectivity index (χ4n) is 3.11. The standard InChI is InChI=1S/C16H20N4O3/c1-2-23-15-5-3-4-14(16(15)20(21)22)18-9-6-13(7-10-18)19-11-8-17-12-19/h3-5,8,11-13H,2,6-7,9-10H2,1H3. The summed E-state index contributed by atoms with van der Waals surface area (Å²) in [5.41, 5.74) is 0.709. The molecule has 0 spiro atoms. The molecule has 1 aromatic heterocycles. The molecule has 0 N–H and O–H groups in total.